The van der Waals surface area contributed by atoms with Crippen molar-refractivity contribution in [1.29, 1.82) is 0 Å². The smallest absolute Gasteiger partial charge is 0.325 e. The van der Waals surface area contributed by atoms with Crippen LogP contribution >= 0.6 is 23.4 Å². The van der Waals surface area contributed by atoms with Gasteiger partial charge in [-0.25, -0.2) is 0 Å². The second-order valence-corrected chi connectivity index (χ2v) is 5.49. The molecule has 0 aliphatic carbocycles. The van der Waals surface area contributed by atoms with E-state index in [1.807, 2.05) is 0 Å². The van der Waals surface area contributed by atoms with Gasteiger partial charge in [0.05, 0.1) is 11.4 Å². The van der Waals surface area contributed by atoms with Crippen molar-refractivity contribution >= 4 is 35.0 Å². The maximum absolute atomic E-state index is 12.2. The number of halogens is 4. The Balaban J connectivity index is 2.58. The molecule has 7 heteroatoms. The number of amides is 1. The highest BCUT2D eigenvalue weighted by Gasteiger charge is 2.27. The van der Waals surface area contributed by atoms with Gasteiger partial charge in [0, 0.05) is 17.2 Å². The summed E-state index contributed by atoms with van der Waals surface area (Å²) in [7, 11) is 0. The molecule has 1 rings (SSSR count). The third-order valence-electron chi connectivity index (χ3n) is 2.34. The number of rotatable bonds is 7. The third kappa shape index (κ3) is 7.05. The Kier molecular flexibility index (Phi) is 7.23. The van der Waals surface area contributed by atoms with Gasteiger partial charge in [0.25, 0.3) is 0 Å². The fourth-order valence-corrected chi connectivity index (χ4v) is 2.41. The fourth-order valence-electron chi connectivity index (χ4n) is 1.45. The Morgan fingerprint density at radius 1 is 1.25 bits per heavy atom. The largest absolute Gasteiger partial charge is 0.398 e. The minimum absolute atomic E-state index is 0.213. The standard InChI is InChI=1S/C13H15ClF3NOS/c14-8-4-3-7-12(19)18-10-5-1-2-6-11(10)20-9-13(15,16)17/h1-2,5-6H,3-4,7-9H2,(H,18,19). The summed E-state index contributed by atoms with van der Waals surface area (Å²) in [5.41, 5.74) is 0.414. The quantitative estimate of drug-likeness (QED) is 0.447. The van der Waals surface area contributed by atoms with Gasteiger partial charge in [0.15, 0.2) is 0 Å². The molecule has 1 amide bonds. The molecule has 0 aromatic heterocycles. The minimum Gasteiger partial charge on any atom is -0.325 e. The molecular formula is C13H15ClF3NOS. The number of hydrogen-bond donors (Lipinski definition) is 1. The van der Waals surface area contributed by atoms with Gasteiger partial charge in [-0.05, 0) is 25.0 Å². The highest BCUT2D eigenvalue weighted by atomic mass is 35.5. The predicted octanol–water partition coefficient (Wildman–Crippen LogP) is 4.69. The Labute approximate surface area is 125 Å². The molecule has 20 heavy (non-hydrogen) atoms. The van der Waals surface area contributed by atoms with Crippen molar-refractivity contribution in [3.63, 3.8) is 0 Å². The van der Waals surface area contributed by atoms with Gasteiger partial charge in [0.1, 0.15) is 0 Å². The van der Waals surface area contributed by atoms with Crippen LogP contribution in [0.1, 0.15) is 19.3 Å². The molecule has 0 unspecified atom stereocenters. The van der Waals surface area contributed by atoms with E-state index >= 15 is 0 Å². The molecule has 0 bridgehead atoms. The Bertz CT molecular complexity index is 440. The minimum atomic E-state index is -4.23. The molecule has 0 saturated heterocycles. The van der Waals surface area contributed by atoms with Crippen LogP contribution in [0.4, 0.5) is 18.9 Å². The Morgan fingerprint density at radius 3 is 2.60 bits per heavy atom. The van der Waals surface area contributed by atoms with Crippen LogP contribution in [0.2, 0.25) is 0 Å². The zero-order valence-electron chi connectivity index (χ0n) is 10.7. The summed E-state index contributed by atoms with van der Waals surface area (Å²) >= 11 is 6.18. The molecule has 0 fully saturated rings. The number of thioether (sulfide) groups is 1. The van der Waals surface area contributed by atoms with E-state index in [9.17, 15) is 18.0 Å². The second kappa shape index (κ2) is 8.42. The van der Waals surface area contributed by atoms with E-state index in [1.165, 1.54) is 0 Å². The van der Waals surface area contributed by atoms with Crippen LogP contribution in [0.25, 0.3) is 0 Å². The van der Waals surface area contributed by atoms with Gasteiger partial charge < -0.3 is 5.32 Å². The predicted molar refractivity (Wildman–Crippen MR) is 76.4 cm³/mol. The molecule has 0 aliphatic heterocycles. The van der Waals surface area contributed by atoms with Crippen LogP contribution in [-0.2, 0) is 4.79 Å². The average molecular weight is 326 g/mol. The van der Waals surface area contributed by atoms with E-state index in [2.05, 4.69) is 5.32 Å². The molecule has 1 N–H and O–H groups in total. The summed E-state index contributed by atoms with van der Waals surface area (Å²) in [5, 5.41) is 2.64. The number of benzene rings is 1. The van der Waals surface area contributed by atoms with Crippen molar-refractivity contribution in [3.05, 3.63) is 24.3 Å². The van der Waals surface area contributed by atoms with Gasteiger partial charge in [-0.15, -0.1) is 23.4 Å². The second-order valence-electron chi connectivity index (χ2n) is 4.09. The van der Waals surface area contributed by atoms with Crippen LogP contribution < -0.4 is 5.32 Å². The number of unbranched alkanes of at least 4 members (excludes halogenated alkanes) is 1. The Morgan fingerprint density at radius 2 is 1.95 bits per heavy atom. The lowest BCUT2D eigenvalue weighted by Crippen LogP contribution is -2.13. The first-order valence-electron chi connectivity index (χ1n) is 6.07. The normalized spacial score (nSPS) is 11.4. The number of anilines is 1. The summed E-state index contributed by atoms with van der Waals surface area (Å²) in [6.07, 6.45) is -2.53. The lowest BCUT2D eigenvalue weighted by atomic mass is 10.2. The molecule has 1 aromatic rings. The van der Waals surface area contributed by atoms with Crippen LogP contribution in [-0.4, -0.2) is 23.7 Å². The maximum atomic E-state index is 12.2. The molecule has 0 aliphatic rings. The average Bonchev–Trinajstić information content (AvgIpc) is 2.37. The zero-order valence-corrected chi connectivity index (χ0v) is 12.2. The van der Waals surface area contributed by atoms with Crippen molar-refractivity contribution in [3.8, 4) is 0 Å². The monoisotopic (exact) mass is 325 g/mol. The van der Waals surface area contributed by atoms with E-state index in [4.69, 9.17) is 11.6 Å². The zero-order chi connectivity index (χ0) is 15.0. The maximum Gasteiger partial charge on any atom is 0.398 e. The summed E-state index contributed by atoms with van der Waals surface area (Å²) in [6, 6.07) is 6.47. The number of carbonyl (C=O) groups excluding carboxylic acids is 1. The first-order valence-corrected chi connectivity index (χ1v) is 7.59. The van der Waals surface area contributed by atoms with Gasteiger partial charge in [-0.3, -0.25) is 4.79 Å². The van der Waals surface area contributed by atoms with E-state index in [0.717, 1.165) is 6.42 Å². The molecule has 0 spiro atoms. The van der Waals surface area contributed by atoms with Crippen LogP contribution in [0.5, 0.6) is 0 Å². The van der Waals surface area contributed by atoms with Crippen molar-refractivity contribution in [2.45, 2.75) is 30.3 Å². The van der Waals surface area contributed by atoms with E-state index in [1.54, 1.807) is 24.3 Å². The van der Waals surface area contributed by atoms with Crippen molar-refractivity contribution in [2.75, 3.05) is 16.9 Å². The molecule has 112 valence electrons. The number of carbonyl (C=O) groups is 1. The van der Waals surface area contributed by atoms with E-state index < -0.39 is 11.9 Å². The SMILES string of the molecule is O=C(CCCCCl)Nc1ccccc1SCC(F)(F)F. The Hall–Kier alpha value is -0.880. The molecule has 1 aromatic carbocycles. The number of nitrogens with one attached hydrogen (secondary N) is 1. The first-order chi connectivity index (χ1) is 9.42. The summed E-state index contributed by atoms with van der Waals surface area (Å²) in [5.74, 6) is -0.701. The first kappa shape index (κ1) is 17.2. The summed E-state index contributed by atoms with van der Waals surface area (Å²) in [6.45, 7) is 0. The lowest BCUT2D eigenvalue weighted by molar-refractivity contribution is -0.116. The van der Waals surface area contributed by atoms with Crippen molar-refractivity contribution in [1.82, 2.24) is 0 Å². The van der Waals surface area contributed by atoms with Gasteiger partial charge in [0.2, 0.25) is 5.91 Å². The van der Waals surface area contributed by atoms with Crippen LogP contribution in [0, 0.1) is 0 Å². The van der Waals surface area contributed by atoms with Crippen LogP contribution in [0.3, 0.4) is 0 Å². The molecule has 2 nitrogen and oxygen atoms in total. The van der Waals surface area contributed by atoms with E-state index in [0.29, 0.717) is 41.1 Å². The third-order valence-corrected chi connectivity index (χ3v) is 3.75. The van der Waals surface area contributed by atoms with Gasteiger partial charge in [-0.2, -0.15) is 13.2 Å². The van der Waals surface area contributed by atoms with Gasteiger partial charge >= 0.3 is 6.18 Å². The van der Waals surface area contributed by atoms with Gasteiger partial charge in [-0.1, -0.05) is 12.1 Å². The molecule has 0 heterocycles. The summed E-state index contributed by atoms with van der Waals surface area (Å²) in [4.78, 5) is 12.1. The topological polar surface area (TPSA) is 29.1 Å². The molecule has 0 radical (unpaired) electrons. The van der Waals surface area contributed by atoms with E-state index in [-0.39, 0.29) is 5.91 Å². The van der Waals surface area contributed by atoms with Crippen LogP contribution in [0.15, 0.2) is 29.2 Å². The summed E-state index contributed by atoms with van der Waals surface area (Å²) < 4.78 is 36.7. The van der Waals surface area contributed by atoms with Crippen molar-refractivity contribution < 1.29 is 18.0 Å². The molecule has 0 atom stereocenters. The van der Waals surface area contributed by atoms with Crippen molar-refractivity contribution in [2.24, 2.45) is 0 Å². The number of hydrogen-bond acceptors (Lipinski definition) is 2. The molecular weight excluding hydrogens is 311 g/mol. The molecule has 0 saturated carbocycles. The lowest BCUT2D eigenvalue weighted by Gasteiger charge is -2.11. The highest BCUT2D eigenvalue weighted by molar-refractivity contribution is 7.99. The number of para-hydroxylation sites is 1. The fraction of sp³-hybridized carbons (Fsp3) is 0.462. The highest BCUT2D eigenvalue weighted by Crippen LogP contribution is 2.32. The number of alkyl halides is 4.